The standard InChI is InChI=1S/C24H48N2O4/c27-21-17-13-9-5-1-2-6-10-14-18-22-30-24(29)26-20-16-12-8-4-3-7-11-15-19-25-23-28/h23,27H,1-22H2,(H,25,28)(H,26,29). The Bertz CT molecular complexity index is 367. The molecule has 0 fully saturated rings. The molecule has 178 valence electrons. The quantitative estimate of drug-likeness (QED) is 0.140. The maximum absolute atomic E-state index is 11.6. The summed E-state index contributed by atoms with van der Waals surface area (Å²) in [6, 6.07) is 0. The molecule has 3 N–H and O–H groups in total. The van der Waals surface area contributed by atoms with Gasteiger partial charge < -0.3 is 20.5 Å². The molecule has 30 heavy (non-hydrogen) atoms. The smallest absolute Gasteiger partial charge is 0.407 e. The van der Waals surface area contributed by atoms with E-state index in [0.29, 0.717) is 19.8 Å². The van der Waals surface area contributed by atoms with Crippen LogP contribution < -0.4 is 10.6 Å². The lowest BCUT2D eigenvalue weighted by Gasteiger charge is -2.07. The molecular formula is C24H48N2O4. The van der Waals surface area contributed by atoms with E-state index in [4.69, 9.17) is 9.84 Å². The number of carbonyl (C=O) groups is 2. The van der Waals surface area contributed by atoms with Gasteiger partial charge in [-0.2, -0.15) is 0 Å². The summed E-state index contributed by atoms with van der Waals surface area (Å²) < 4.78 is 5.23. The first-order valence-electron chi connectivity index (χ1n) is 12.5. The van der Waals surface area contributed by atoms with Gasteiger partial charge >= 0.3 is 6.09 Å². The maximum Gasteiger partial charge on any atom is 0.407 e. The summed E-state index contributed by atoms with van der Waals surface area (Å²) in [4.78, 5) is 21.7. The van der Waals surface area contributed by atoms with Crippen LogP contribution in [0, 0.1) is 0 Å². The summed E-state index contributed by atoms with van der Waals surface area (Å²) in [6.45, 7) is 2.34. The molecule has 0 heterocycles. The van der Waals surface area contributed by atoms with Crippen molar-refractivity contribution in [2.24, 2.45) is 0 Å². The Balaban J connectivity index is 3.14. The molecule has 6 heteroatoms. The number of aliphatic hydroxyl groups excluding tert-OH is 1. The molecule has 0 aliphatic carbocycles. The van der Waals surface area contributed by atoms with E-state index in [1.165, 1.54) is 70.6 Å². The van der Waals surface area contributed by atoms with E-state index < -0.39 is 0 Å². The maximum atomic E-state index is 11.6. The molecule has 6 nitrogen and oxygen atoms in total. The van der Waals surface area contributed by atoms with E-state index in [1.54, 1.807) is 0 Å². The van der Waals surface area contributed by atoms with Gasteiger partial charge in [0, 0.05) is 19.7 Å². The molecule has 0 rings (SSSR count). The molecule has 2 amide bonds. The molecule has 0 radical (unpaired) electrons. The first-order valence-corrected chi connectivity index (χ1v) is 12.5. The van der Waals surface area contributed by atoms with E-state index in [0.717, 1.165) is 57.9 Å². The highest BCUT2D eigenvalue weighted by atomic mass is 16.5. The molecule has 0 aromatic carbocycles. The minimum atomic E-state index is -0.276. The number of ether oxygens (including phenoxy) is 1. The molecule has 0 aliphatic rings. The van der Waals surface area contributed by atoms with Crippen LogP contribution >= 0.6 is 0 Å². The number of hydrogen-bond acceptors (Lipinski definition) is 4. The van der Waals surface area contributed by atoms with Crippen LogP contribution in [0.5, 0.6) is 0 Å². The van der Waals surface area contributed by atoms with Crippen LogP contribution in [0.15, 0.2) is 0 Å². The molecule has 0 atom stereocenters. The van der Waals surface area contributed by atoms with Crippen LogP contribution in [-0.4, -0.2) is 43.9 Å². The second-order valence-electron chi connectivity index (χ2n) is 8.22. The Morgan fingerprint density at radius 3 is 1.57 bits per heavy atom. The normalized spacial score (nSPS) is 10.7. The first-order chi connectivity index (χ1) is 14.8. The monoisotopic (exact) mass is 428 g/mol. The van der Waals surface area contributed by atoms with Crippen LogP contribution in [0.4, 0.5) is 4.79 Å². The summed E-state index contributed by atoms with van der Waals surface area (Å²) in [5, 5.41) is 14.2. The highest BCUT2D eigenvalue weighted by Crippen LogP contribution is 2.11. The average molecular weight is 429 g/mol. The zero-order chi connectivity index (χ0) is 22.0. The predicted molar refractivity (Wildman–Crippen MR) is 124 cm³/mol. The average Bonchev–Trinajstić information content (AvgIpc) is 2.75. The summed E-state index contributed by atoms with van der Waals surface area (Å²) >= 11 is 0. The molecule has 0 aromatic rings. The lowest BCUT2D eigenvalue weighted by atomic mass is 10.1. The number of carbonyl (C=O) groups excluding carboxylic acids is 2. The van der Waals surface area contributed by atoms with Gasteiger partial charge in [-0.3, -0.25) is 4.79 Å². The lowest BCUT2D eigenvalue weighted by Crippen LogP contribution is -2.25. The lowest BCUT2D eigenvalue weighted by molar-refractivity contribution is -0.109. The van der Waals surface area contributed by atoms with Crippen LogP contribution in [0.25, 0.3) is 0 Å². The number of unbranched alkanes of at least 4 members (excludes halogenated alkanes) is 16. The minimum absolute atomic E-state index is 0.276. The van der Waals surface area contributed by atoms with E-state index >= 15 is 0 Å². The van der Waals surface area contributed by atoms with Crippen molar-refractivity contribution in [1.29, 1.82) is 0 Å². The molecule has 0 unspecified atom stereocenters. The minimum Gasteiger partial charge on any atom is -0.450 e. The Hall–Kier alpha value is -1.30. The Kier molecular flexibility index (Phi) is 24.6. The summed E-state index contributed by atoms with van der Waals surface area (Å²) in [6.07, 6.45) is 21.6. The van der Waals surface area contributed by atoms with Gasteiger partial charge in [0.2, 0.25) is 6.41 Å². The molecular weight excluding hydrogens is 380 g/mol. The topological polar surface area (TPSA) is 87.7 Å². The van der Waals surface area contributed by atoms with Crippen molar-refractivity contribution >= 4 is 12.5 Å². The van der Waals surface area contributed by atoms with Gasteiger partial charge in [0.15, 0.2) is 0 Å². The van der Waals surface area contributed by atoms with E-state index in [2.05, 4.69) is 10.6 Å². The third kappa shape index (κ3) is 24.7. The van der Waals surface area contributed by atoms with Crippen molar-refractivity contribution < 1.29 is 19.4 Å². The van der Waals surface area contributed by atoms with E-state index in [-0.39, 0.29) is 6.09 Å². The fraction of sp³-hybridized carbons (Fsp3) is 0.917. The number of amides is 2. The molecule has 0 aliphatic heterocycles. The van der Waals surface area contributed by atoms with Gasteiger partial charge in [-0.1, -0.05) is 89.9 Å². The molecule has 0 saturated heterocycles. The number of alkyl carbamates (subject to hydrolysis) is 1. The van der Waals surface area contributed by atoms with Gasteiger partial charge in [-0.05, 0) is 25.7 Å². The third-order valence-electron chi connectivity index (χ3n) is 5.39. The van der Waals surface area contributed by atoms with E-state index in [1.807, 2.05) is 0 Å². The van der Waals surface area contributed by atoms with Crippen molar-refractivity contribution in [3.05, 3.63) is 0 Å². The van der Waals surface area contributed by atoms with Crippen LogP contribution in [0.2, 0.25) is 0 Å². The zero-order valence-electron chi connectivity index (χ0n) is 19.3. The van der Waals surface area contributed by atoms with Crippen LogP contribution in [0.1, 0.15) is 116 Å². The Morgan fingerprint density at radius 1 is 0.633 bits per heavy atom. The van der Waals surface area contributed by atoms with Crippen LogP contribution in [0.3, 0.4) is 0 Å². The third-order valence-corrected chi connectivity index (χ3v) is 5.39. The first kappa shape index (κ1) is 28.7. The molecule has 0 aromatic heterocycles. The second kappa shape index (κ2) is 25.7. The van der Waals surface area contributed by atoms with Gasteiger partial charge in [0.25, 0.3) is 0 Å². The fourth-order valence-corrected chi connectivity index (χ4v) is 3.51. The molecule has 0 bridgehead atoms. The predicted octanol–water partition coefficient (Wildman–Crippen LogP) is 5.47. The highest BCUT2D eigenvalue weighted by molar-refractivity contribution is 5.66. The number of hydrogen-bond donors (Lipinski definition) is 3. The summed E-state index contributed by atoms with van der Waals surface area (Å²) in [5.41, 5.74) is 0. The number of nitrogens with one attached hydrogen (secondary N) is 2. The van der Waals surface area contributed by atoms with Crippen molar-refractivity contribution in [2.45, 2.75) is 116 Å². The summed E-state index contributed by atoms with van der Waals surface area (Å²) in [5.74, 6) is 0. The zero-order valence-corrected chi connectivity index (χ0v) is 19.3. The second-order valence-corrected chi connectivity index (χ2v) is 8.22. The molecule has 0 saturated carbocycles. The largest absolute Gasteiger partial charge is 0.450 e. The van der Waals surface area contributed by atoms with Crippen molar-refractivity contribution in [2.75, 3.05) is 26.3 Å². The van der Waals surface area contributed by atoms with Gasteiger partial charge in [0.05, 0.1) is 6.61 Å². The summed E-state index contributed by atoms with van der Waals surface area (Å²) in [7, 11) is 0. The van der Waals surface area contributed by atoms with Gasteiger partial charge in [-0.25, -0.2) is 4.79 Å². The van der Waals surface area contributed by atoms with Crippen molar-refractivity contribution in [3.8, 4) is 0 Å². The highest BCUT2D eigenvalue weighted by Gasteiger charge is 2.01. The number of rotatable bonds is 24. The van der Waals surface area contributed by atoms with Crippen molar-refractivity contribution in [1.82, 2.24) is 10.6 Å². The SMILES string of the molecule is O=CNCCCCCCCCCCNC(=O)OCCCCCCCCCCCCO. The fourth-order valence-electron chi connectivity index (χ4n) is 3.51. The Labute approximate surface area is 184 Å². The Morgan fingerprint density at radius 2 is 1.07 bits per heavy atom. The van der Waals surface area contributed by atoms with Crippen LogP contribution in [-0.2, 0) is 9.53 Å². The van der Waals surface area contributed by atoms with Crippen molar-refractivity contribution in [3.63, 3.8) is 0 Å². The van der Waals surface area contributed by atoms with Gasteiger partial charge in [-0.15, -0.1) is 0 Å². The molecule has 0 spiro atoms. The van der Waals surface area contributed by atoms with E-state index in [9.17, 15) is 9.59 Å². The van der Waals surface area contributed by atoms with Gasteiger partial charge in [0.1, 0.15) is 0 Å². The number of aliphatic hydroxyl groups is 1.